The lowest BCUT2D eigenvalue weighted by molar-refractivity contribution is 0.0341. The van der Waals surface area contributed by atoms with Crippen LogP contribution in [0.1, 0.15) is 15.9 Å². The van der Waals surface area contributed by atoms with Gasteiger partial charge >= 0.3 is 5.97 Å². The molecule has 0 radical (unpaired) electrons. The SMILES string of the molecule is COC(=O)c1cc(CN2CCOCC2)ccc1F. The van der Waals surface area contributed by atoms with Gasteiger partial charge in [-0.1, -0.05) is 6.07 Å². The quantitative estimate of drug-likeness (QED) is 0.764. The van der Waals surface area contributed by atoms with Gasteiger partial charge in [0.2, 0.25) is 0 Å². The van der Waals surface area contributed by atoms with Crippen LogP contribution in [0.25, 0.3) is 0 Å². The summed E-state index contributed by atoms with van der Waals surface area (Å²) in [5, 5.41) is 0. The smallest absolute Gasteiger partial charge is 0.340 e. The lowest BCUT2D eigenvalue weighted by Gasteiger charge is -2.26. The summed E-state index contributed by atoms with van der Waals surface area (Å²) < 4.78 is 23.3. The summed E-state index contributed by atoms with van der Waals surface area (Å²) in [7, 11) is 1.25. The predicted molar refractivity (Wildman–Crippen MR) is 63.8 cm³/mol. The zero-order valence-corrected chi connectivity index (χ0v) is 10.3. The first-order chi connectivity index (χ1) is 8.70. The van der Waals surface area contributed by atoms with Crippen LogP contribution in [0.4, 0.5) is 4.39 Å². The number of esters is 1. The number of hydrogen-bond acceptors (Lipinski definition) is 4. The standard InChI is InChI=1S/C13H16FNO3/c1-17-13(16)11-8-10(2-3-12(11)14)9-15-4-6-18-7-5-15/h2-3,8H,4-7,9H2,1H3. The van der Waals surface area contributed by atoms with Crippen molar-refractivity contribution in [2.45, 2.75) is 6.54 Å². The fraction of sp³-hybridized carbons (Fsp3) is 0.462. The summed E-state index contributed by atoms with van der Waals surface area (Å²) in [6.45, 7) is 3.82. The van der Waals surface area contributed by atoms with Gasteiger partial charge in [-0.15, -0.1) is 0 Å². The Morgan fingerprint density at radius 1 is 1.44 bits per heavy atom. The van der Waals surface area contributed by atoms with Gasteiger partial charge in [0.05, 0.1) is 25.9 Å². The molecule has 5 heteroatoms. The van der Waals surface area contributed by atoms with E-state index in [1.165, 1.54) is 13.2 Å². The highest BCUT2D eigenvalue weighted by Gasteiger charge is 2.15. The lowest BCUT2D eigenvalue weighted by atomic mass is 10.1. The van der Waals surface area contributed by atoms with Crippen molar-refractivity contribution in [2.24, 2.45) is 0 Å². The first-order valence-corrected chi connectivity index (χ1v) is 5.87. The molecule has 0 unspecified atom stereocenters. The first-order valence-electron chi connectivity index (χ1n) is 5.87. The van der Waals surface area contributed by atoms with Crippen LogP contribution < -0.4 is 0 Å². The third-order valence-electron chi connectivity index (χ3n) is 2.95. The molecule has 0 amide bonds. The largest absolute Gasteiger partial charge is 0.465 e. The van der Waals surface area contributed by atoms with Gasteiger partial charge in [0.25, 0.3) is 0 Å². The molecule has 0 aromatic heterocycles. The molecule has 1 aromatic rings. The average molecular weight is 253 g/mol. The van der Waals surface area contributed by atoms with E-state index in [0.717, 1.165) is 18.7 Å². The van der Waals surface area contributed by atoms with Crippen LogP contribution in [0.3, 0.4) is 0 Å². The van der Waals surface area contributed by atoms with Crippen LogP contribution in [-0.2, 0) is 16.0 Å². The number of benzene rings is 1. The van der Waals surface area contributed by atoms with Gasteiger partial charge in [0.15, 0.2) is 0 Å². The summed E-state index contributed by atoms with van der Waals surface area (Å²) in [6.07, 6.45) is 0. The summed E-state index contributed by atoms with van der Waals surface area (Å²) in [5.74, 6) is -1.19. The van der Waals surface area contributed by atoms with Crippen molar-refractivity contribution in [3.63, 3.8) is 0 Å². The second-order valence-corrected chi connectivity index (χ2v) is 4.19. The summed E-state index contributed by atoms with van der Waals surface area (Å²) in [4.78, 5) is 13.6. The minimum Gasteiger partial charge on any atom is -0.465 e. The van der Waals surface area contributed by atoms with Gasteiger partial charge in [0.1, 0.15) is 5.82 Å². The molecule has 1 saturated heterocycles. The Morgan fingerprint density at radius 2 is 2.17 bits per heavy atom. The van der Waals surface area contributed by atoms with Crippen LogP contribution in [0.2, 0.25) is 0 Å². The van der Waals surface area contributed by atoms with Gasteiger partial charge in [-0.25, -0.2) is 9.18 Å². The molecule has 0 spiro atoms. The van der Waals surface area contributed by atoms with Gasteiger partial charge in [-0.05, 0) is 17.7 Å². The number of carbonyl (C=O) groups excluding carboxylic acids is 1. The minimum atomic E-state index is -0.642. The topological polar surface area (TPSA) is 38.8 Å². The van der Waals surface area contributed by atoms with Gasteiger partial charge < -0.3 is 9.47 Å². The molecule has 1 aromatic carbocycles. The number of methoxy groups -OCH3 is 1. The minimum absolute atomic E-state index is 0.0109. The molecule has 0 atom stereocenters. The van der Waals surface area contributed by atoms with Gasteiger partial charge in [-0.2, -0.15) is 0 Å². The van der Waals surface area contributed by atoms with Gasteiger partial charge in [0, 0.05) is 19.6 Å². The van der Waals surface area contributed by atoms with E-state index in [0.29, 0.717) is 19.8 Å². The molecule has 1 aliphatic rings. The van der Waals surface area contributed by atoms with Crippen molar-refractivity contribution in [1.29, 1.82) is 0 Å². The van der Waals surface area contributed by atoms with Crippen molar-refractivity contribution in [3.8, 4) is 0 Å². The highest BCUT2D eigenvalue weighted by Crippen LogP contribution is 2.14. The number of hydrogen-bond donors (Lipinski definition) is 0. The molecular formula is C13H16FNO3. The molecular weight excluding hydrogens is 237 g/mol. The van der Waals surface area contributed by atoms with E-state index < -0.39 is 11.8 Å². The summed E-state index contributed by atoms with van der Waals surface area (Å²) in [6, 6.07) is 4.55. The third-order valence-corrected chi connectivity index (χ3v) is 2.95. The maximum atomic E-state index is 13.5. The van der Waals surface area contributed by atoms with Crippen LogP contribution in [0.15, 0.2) is 18.2 Å². The Balaban J connectivity index is 2.11. The molecule has 1 fully saturated rings. The molecule has 1 aliphatic heterocycles. The zero-order valence-electron chi connectivity index (χ0n) is 10.3. The Bertz CT molecular complexity index is 430. The van der Waals surface area contributed by atoms with E-state index in [1.54, 1.807) is 12.1 Å². The van der Waals surface area contributed by atoms with E-state index in [-0.39, 0.29) is 5.56 Å². The molecule has 2 rings (SSSR count). The summed E-state index contributed by atoms with van der Waals surface area (Å²) >= 11 is 0. The fourth-order valence-electron chi connectivity index (χ4n) is 1.95. The van der Waals surface area contributed by atoms with E-state index in [2.05, 4.69) is 9.64 Å². The second-order valence-electron chi connectivity index (χ2n) is 4.19. The highest BCUT2D eigenvalue weighted by atomic mass is 19.1. The van der Waals surface area contributed by atoms with E-state index in [1.807, 2.05) is 0 Å². The maximum absolute atomic E-state index is 13.5. The molecule has 18 heavy (non-hydrogen) atoms. The molecule has 0 saturated carbocycles. The van der Waals surface area contributed by atoms with Crippen molar-refractivity contribution >= 4 is 5.97 Å². The second kappa shape index (κ2) is 5.93. The van der Waals surface area contributed by atoms with E-state index in [4.69, 9.17) is 4.74 Å². The molecule has 1 heterocycles. The van der Waals surface area contributed by atoms with Crippen LogP contribution in [0, 0.1) is 5.82 Å². The number of halogens is 1. The van der Waals surface area contributed by atoms with Crippen molar-refractivity contribution in [1.82, 2.24) is 4.90 Å². The highest BCUT2D eigenvalue weighted by molar-refractivity contribution is 5.89. The van der Waals surface area contributed by atoms with Crippen LogP contribution in [-0.4, -0.2) is 44.3 Å². The number of nitrogens with zero attached hydrogens (tertiary/aromatic N) is 1. The molecule has 98 valence electrons. The summed E-state index contributed by atoms with van der Waals surface area (Å²) in [5.41, 5.74) is 0.891. The Kier molecular flexibility index (Phi) is 4.28. The first kappa shape index (κ1) is 13.0. The fourth-order valence-corrected chi connectivity index (χ4v) is 1.95. The van der Waals surface area contributed by atoms with E-state index in [9.17, 15) is 9.18 Å². The molecule has 4 nitrogen and oxygen atoms in total. The molecule has 0 bridgehead atoms. The monoisotopic (exact) mass is 253 g/mol. The van der Waals surface area contributed by atoms with Crippen LogP contribution >= 0.6 is 0 Å². The normalized spacial score (nSPS) is 16.6. The maximum Gasteiger partial charge on any atom is 0.340 e. The van der Waals surface area contributed by atoms with E-state index >= 15 is 0 Å². The lowest BCUT2D eigenvalue weighted by Crippen LogP contribution is -2.35. The Labute approximate surface area is 105 Å². The van der Waals surface area contributed by atoms with Crippen molar-refractivity contribution < 1.29 is 18.7 Å². The number of carbonyl (C=O) groups is 1. The van der Waals surface area contributed by atoms with Crippen molar-refractivity contribution in [3.05, 3.63) is 35.1 Å². The van der Waals surface area contributed by atoms with Crippen molar-refractivity contribution in [2.75, 3.05) is 33.4 Å². The Hall–Kier alpha value is -1.46. The van der Waals surface area contributed by atoms with Gasteiger partial charge in [-0.3, -0.25) is 4.90 Å². The number of morpholine rings is 1. The Morgan fingerprint density at radius 3 is 2.83 bits per heavy atom. The van der Waals surface area contributed by atoms with Crippen LogP contribution in [0.5, 0.6) is 0 Å². The molecule has 0 N–H and O–H groups in total. The zero-order chi connectivity index (χ0) is 13.0. The predicted octanol–water partition coefficient (Wildman–Crippen LogP) is 1.44. The number of rotatable bonds is 3. The number of ether oxygens (including phenoxy) is 2. The third kappa shape index (κ3) is 3.05. The molecule has 0 aliphatic carbocycles. The average Bonchev–Trinajstić information content (AvgIpc) is 2.41.